The van der Waals surface area contributed by atoms with Gasteiger partial charge in [0.25, 0.3) is 0 Å². The van der Waals surface area contributed by atoms with Crippen LogP contribution in [0, 0.1) is 12.8 Å². The molecule has 3 rings (SSSR count). The summed E-state index contributed by atoms with van der Waals surface area (Å²) in [6.45, 7) is 6.18. The van der Waals surface area contributed by atoms with E-state index in [1.165, 1.54) is 0 Å². The van der Waals surface area contributed by atoms with Crippen LogP contribution in [0.15, 0.2) is 36.5 Å². The van der Waals surface area contributed by atoms with Crippen LogP contribution in [-0.4, -0.2) is 28.7 Å². The molecule has 0 spiro atoms. The molecule has 106 valence electrons. The summed E-state index contributed by atoms with van der Waals surface area (Å²) >= 11 is 0. The largest absolute Gasteiger partial charge is 0.340 e. The molecule has 2 unspecified atom stereocenters. The van der Waals surface area contributed by atoms with Crippen LogP contribution in [0.3, 0.4) is 0 Å². The van der Waals surface area contributed by atoms with E-state index in [0.29, 0.717) is 5.92 Å². The molecule has 0 aliphatic carbocycles. The minimum absolute atomic E-state index is 0.227. The van der Waals surface area contributed by atoms with Crippen LogP contribution in [0.25, 0.3) is 5.69 Å². The molecule has 2 atom stereocenters. The van der Waals surface area contributed by atoms with Crippen molar-refractivity contribution in [3.8, 4) is 5.69 Å². The average molecular weight is 270 g/mol. The summed E-state index contributed by atoms with van der Waals surface area (Å²) in [5, 5.41) is 0. The molecule has 2 heterocycles. The monoisotopic (exact) mass is 270 g/mol. The Balaban J connectivity index is 1.94. The summed E-state index contributed by atoms with van der Waals surface area (Å²) in [6.07, 6.45) is 3.22. The van der Waals surface area contributed by atoms with Gasteiger partial charge in [-0.3, -0.25) is 4.57 Å². The lowest BCUT2D eigenvalue weighted by Crippen LogP contribution is -2.48. The van der Waals surface area contributed by atoms with E-state index < -0.39 is 0 Å². The summed E-state index contributed by atoms with van der Waals surface area (Å²) in [4.78, 5) is 7.01. The van der Waals surface area contributed by atoms with Crippen LogP contribution in [0.5, 0.6) is 0 Å². The quantitative estimate of drug-likeness (QED) is 0.911. The number of nitrogens with zero attached hydrogens (tertiary/aromatic N) is 3. The normalized spacial score (nSPS) is 23.1. The number of hydrogen-bond acceptors (Lipinski definition) is 3. The van der Waals surface area contributed by atoms with Crippen molar-refractivity contribution < 1.29 is 0 Å². The van der Waals surface area contributed by atoms with Gasteiger partial charge in [-0.05, 0) is 31.4 Å². The number of para-hydroxylation sites is 1. The van der Waals surface area contributed by atoms with Crippen molar-refractivity contribution in [2.75, 3.05) is 18.0 Å². The predicted molar refractivity (Wildman–Crippen MR) is 82.3 cm³/mol. The summed E-state index contributed by atoms with van der Waals surface area (Å²) in [5.74, 6) is 1.60. The highest BCUT2D eigenvalue weighted by molar-refractivity contribution is 5.45. The number of imidazole rings is 1. The van der Waals surface area contributed by atoms with Crippen molar-refractivity contribution in [3.63, 3.8) is 0 Å². The molecular formula is C16H22N4. The van der Waals surface area contributed by atoms with Crippen LogP contribution >= 0.6 is 0 Å². The summed E-state index contributed by atoms with van der Waals surface area (Å²) < 4.78 is 2.16. The molecule has 0 amide bonds. The van der Waals surface area contributed by atoms with Crippen LogP contribution in [0.1, 0.15) is 19.0 Å². The van der Waals surface area contributed by atoms with E-state index in [1.54, 1.807) is 0 Å². The van der Waals surface area contributed by atoms with Gasteiger partial charge in [-0.2, -0.15) is 0 Å². The Morgan fingerprint density at radius 1 is 1.25 bits per heavy atom. The zero-order valence-electron chi connectivity index (χ0n) is 12.2. The first-order chi connectivity index (χ1) is 9.65. The highest BCUT2D eigenvalue weighted by atomic mass is 15.3. The molecule has 1 aromatic heterocycles. The topological polar surface area (TPSA) is 47.1 Å². The Morgan fingerprint density at radius 3 is 2.70 bits per heavy atom. The Hall–Kier alpha value is -1.81. The minimum atomic E-state index is 0.227. The van der Waals surface area contributed by atoms with E-state index >= 15 is 0 Å². The van der Waals surface area contributed by atoms with Gasteiger partial charge in [-0.25, -0.2) is 4.98 Å². The van der Waals surface area contributed by atoms with Gasteiger partial charge in [0.1, 0.15) is 0 Å². The van der Waals surface area contributed by atoms with Crippen LogP contribution in [0.4, 0.5) is 5.95 Å². The van der Waals surface area contributed by atoms with Gasteiger partial charge in [-0.1, -0.05) is 25.1 Å². The highest BCUT2D eigenvalue weighted by Gasteiger charge is 2.26. The molecule has 1 aliphatic rings. The van der Waals surface area contributed by atoms with Gasteiger partial charge in [0, 0.05) is 31.0 Å². The summed E-state index contributed by atoms with van der Waals surface area (Å²) in [6, 6.07) is 10.6. The number of anilines is 1. The smallest absolute Gasteiger partial charge is 0.210 e. The Morgan fingerprint density at radius 2 is 2.00 bits per heavy atom. The van der Waals surface area contributed by atoms with Crippen molar-refractivity contribution in [1.29, 1.82) is 0 Å². The third-order valence-corrected chi connectivity index (χ3v) is 4.14. The number of hydrogen-bond donors (Lipinski definition) is 1. The van der Waals surface area contributed by atoms with E-state index in [4.69, 9.17) is 10.7 Å². The van der Waals surface area contributed by atoms with Crippen molar-refractivity contribution >= 4 is 5.95 Å². The summed E-state index contributed by atoms with van der Waals surface area (Å²) in [5.41, 5.74) is 8.41. The Bertz CT molecular complexity index is 575. The predicted octanol–water partition coefficient (Wildman–Crippen LogP) is 2.35. The molecule has 1 aliphatic heterocycles. The van der Waals surface area contributed by atoms with Crippen molar-refractivity contribution in [1.82, 2.24) is 9.55 Å². The molecule has 0 radical (unpaired) electrons. The third kappa shape index (κ3) is 2.43. The highest BCUT2D eigenvalue weighted by Crippen LogP contribution is 2.24. The Labute approximate surface area is 120 Å². The molecule has 20 heavy (non-hydrogen) atoms. The van der Waals surface area contributed by atoms with E-state index in [2.05, 4.69) is 46.9 Å². The fourth-order valence-electron chi connectivity index (χ4n) is 2.77. The number of piperidine rings is 1. The van der Waals surface area contributed by atoms with Crippen molar-refractivity contribution in [2.45, 2.75) is 26.3 Å². The molecule has 0 saturated carbocycles. The maximum atomic E-state index is 6.22. The maximum Gasteiger partial charge on any atom is 0.210 e. The SMILES string of the molecule is Cc1cn(-c2ccccc2)c(N2CCC(C)C(N)C2)n1. The Kier molecular flexibility index (Phi) is 3.49. The molecule has 1 saturated heterocycles. The maximum absolute atomic E-state index is 6.22. The zero-order chi connectivity index (χ0) is 14.1. The molecular weight excluding hydrogens is 248 g/mol. The first kappa shape index (κ1) is 13.2. The van der Waals surface area contributed by atoms with Crippen molar-refractivity contribution in [2.24, 2.45) is 11.7 Å². The molecule has 0 bridgehead atoms. The van der Waals surface area contributed by atoms with E-state index in [9.17, 15) is 0 Å². The number of aryl methyl sites for hydroxylation is 1. The van der Waals surface area contributed by atoms with Gasteiger partial charge < -0.3 is 10.6 Å². The van der Waals surface area contributed by atoms with E-state index in [0.717, 1.165) is 36.8 Å². The fourth-order valence-corrected chi connectivity index (χ4v) is 2.77. The van der Waals surface area contributed by atoms with Gasteiger partial charge >= 0.3 is 0 Å². The van der Waals surface area contributed by atoms with Crippen molar-refractivity contribution in [3.05, 3.63) is 42.2 Å². The lowest BCUT2D eigenvalue weighted by molar-refractivity contribution is 0.376. The van der Waals surface area contributed by atoms with Gasteiger partial charge in [-0.15, -0.1) is 0 Å². The van der Waals surface area contributed by atoms with Crippen LogP contribution in [-0.2, 0) is 0 Å². The van der Waals surface area contributed by atoms with Gasteiger partial charge in [0.2, 0.25) is 5.95 Å². The van der Waals surface area contributed by atoms with Crippen LogP contribution in [0.2, 0.25) is 0 Å². The number of rotatable bonds is 2. The lowest BCUT2D eigenvalue weighted by atomic mass is 9.94. The van der Waals surface area contributed by atoms with E-state index in [-0.39, 0.29) is 6.04 Å². The second-order valence-corrected chi connectivity index (χ2v) is 5.76. The van der Waals surface area contributed by atoms with E-state index in [1.807, 2.05) is 13.0 Å². The second kappa shape index (κ2) is 5.29. The molecule has 4 nitrogen and oxygen atoms in total. The standard InChI is InChI=1S/C16H22N4/c1-12-8-9-19(11-15(12)17)16-18-13(2)10-20(16)14-6-4-3-5-7-14/h3-7,10,12,15H,8-9,11,17H2,1-2H3. The molecule has 1 aromatic carbocycles. The lowest BCUT2D eigenvalue weighted by Gasteiger charge is -2.35. The molecule has 2 aromatic rings. The average Bonchev–Trinajstić information content (AvgIpc) is 2.85. The number of nitrogens with two attached hydrogens (primary N) is 1. The zero-order valence-corrected chi connectivity index (χ0v) is 12.2. The second-order valence-electron chi connectivity index (χ2n) is 5.76. The first-order valence-corrected chi connectivity index (χ1v) is 7.27. The molecule has 2 N–H and O–H groups in total. The number of aromatic nitrogens is 2. The first-order valence-electron chi connectivity index (χ1n) is 7.27. The van der Waals surface area contributed by atoms with Gasteiger partial charge in [0.15, 0.2) is 0 Å². The van der Waals surface area contributed by atoms with Crippen LogP contribution < -0.4 is 10.6 Å². The number of benzene rings is 1. The molecule has 4 heteroatoms. The molecule has 1 fully saturated rings. The third-order valence-electron chi connectivity index (χ3n) is 4.14. The van der Waals surface area contributed by atoms with Gasteiger partial charge in [0.05, 0.1) is 5.69 Å². The minimum Gasteiger partial charge on any atom is -0.340 e. The fraction of sp³-hybridized carbons (Fsp3) is 0.438. The summed E-state index contributed by atoms with van der Waals surface area (Å²) in [7, 11) is 0.